The van der Waals surface area contributed by atoms with Crippen LogP contribution in [0.1, 0.15) is 29.6 Å². The summed E-state index contributed by atoms with van der Waals surface area (Å²) < 4.78 is 0. The highest BCUT2D eigenvalue weighted by atomic mass is 16.4. The van der Waals surface area contributed by atoms with Gasteiger partial charge in [-0.2, -0.15) is 0 Å². The van der Waals surface area contributed by atoms with Crippen molar-refractivity contribution in [2.24, 2.45) is 5.92 Å². The number of carbonyl (C=O) groups excluding carboxylic acids is 1. The van der Waals surface area contributed by atoms with Gasteiger partial charge in [-0.05, 0) is 44.0 Å². The van der Waals surface area contributed by atoms with E-state index in [9.17, 15) is 14.7 Å². The van der Waals surface area contributed by atoms with Gasteiger partial charge in [0.15, 0.2) is 0 Å². The van der Waals surface area contributed by atoms with Gasteiger partial charge in [0.1, 0.15) is 11.3 Å². The topological polar surface area (TPSA) is 98.7 Å². The summed E-state index contributed by atoms with van der Waals surface area (Å²) in [6, 6.07) is 4.01. The summed E-state index contributed by atoms with van der Waals surface area (Å²) in [4.78, 5) is 22.6. The normalized spacial score (nSPS) is 15.8. The Morgan fingerprint density at radius 2 is 2.00 bits per heavy atom. The number of amides is 1. The summed E-state index contributed by atoms with van der Waals surface area (Å²) in [6.07, 6.45) is 2.41. The van der Waals surface area contributed by atoms with Gasteiger partial charge in [0.25, 0.3) is 0 Å². The quantitative estimate of drug-likeness (QED) is 0.667. The Hall–Kier alpha value is -2.08. The first-order valence-electron chi connectivity index (χ1n) is 6.63. The van der Waals surface area contributed by atoms with Crippen LogP contribution in [0.3, 0.4) is 0 Å². The van der Waals surface area contributed by atoms with Crippen molar-refractivity contribution in [1.29, 1.82) is 0 Å². The number of hydrogen-bond donors (Lipinski definition) is 4. The molecule has 6 nitrogen and oxygen atoms in total. The fraction of sp³-hybridized carbons (Fsp3) is 0.429. The highest BCUT2D eigenvalue weighted by molar-refractivity contribution is 5.94. The number of hydrogen-bond acceptors (Lipinski definition) is 4. The SMILES string of the molecule is O=C(CC1CCNCC1)Nc1ccc(C(=O)O)c(O)c1. The molecule has 108 valence electrons. The fourth-order valence-electron chi connectivity index (χ4n) is 2.35. The Morgan fingerprint density at radius 3 is 2.60 bits per heavy atom. The van der Waals surface area contributed by atoms with Crippen LogP contribution < -0.4 is 10.6 Å². The lowest BCUT2D eigenvalue weighted by Crippen LogP contribution is -2.30. The number of carboxylic acid groups (broad SMARTS) is 1. The van der Waals surface area contributed by atoms with Crippen LogP contribution in [0.4, 0.5) is 5.69 Å². The van der Waals surface area contributed by atoms with Crippen molar-refractivity contribution in [2.75, 3.05) is 18.4 Å². The maximum atomic E-state index is 11.9. The number of nitrogens with one attached hydrogen (secondary N) is 2. The minimum absolute atomic E-state index is 0.112. The number of benzene rings is 1. The molecule has 0 atom stereocenters. The number of rotatable bonds is 4. The van der Waals surface area contributed by atoms with E-state index in [2.05, 4.69) is 10.6 Å². The van der Waals surface area contributed by atoms with Crippen molar-refractivity contribution >= 4 is 17.6 Å². The van der Waals surface area contributed by atoms with E-state index in [1.807, 2.05) is 0 Å². The van der Waals surface area contributed by atoms with Crippen LogP contribution >= 0.6 is 0 Å². The molecule has 0 unspecified atom stereocenters. The molecule has 0 spiro atoms. The monoisotopic (exact) mass is 278 g/mol. The molecule has 6 heteroatoms. The van der Waals surface area contributed by atoms with E-state index < -0.39 is 5.97 Å². The van der Waals surface area contributed by atoms with E-state index in [0.717, 1.165) is 25.9 Å². The standard InChI is InChI=1S/C14H18N2O4/c17-12-8-10(1-2-11(12)14(19)20)16-13(18)7-9-3-5-15-6-4-9/h1-2,8-9,15,17H,3-7H2,(H,16,18)(H,19,20). The zero-order chi connectivity index (χ0) is 14.5. The van der Waals surface area contributed by atoms with E-state index in [1.165, 1.54) is 18.2 Å². The second-order valence-electron chi connectivity index (χ2n) is 4.98. The molecule has 1 aromatic carbocycles. The molecule has 0 aliphatic carbocycles. The summed E-state index contributed by atoms with van der Waals surface area (Å²) >= 11 is 0. The highest BCUT2D eigenvalue weighted by Crippen LogP contribution is 2.23. The first kappa shape index (κ1) is 14.3. The molecule has 0 radical (unpaired) electrons. The van der Waals surface area contributed by atoms with Crippen molar-refractivity contribution in [1.82, 2.24) is 5.32 Å². The van der Waals surface area contributed by atoms with Crippen LogP contribution in [0.25, 0.3) is 0 Å². The maximum Gasteiger partial charge on any atom is 0.339 e. The Labute approximate surface area is 116 Å². The van der Waals surface area contributed by atoms with E-state index >= 15 is 0 Å². The highest BCUT2D eigenvalue weighted by Gasteiger charge is 2.17. The van der Waals surface area contributed by atoms with Crippen molar-refractivity contribution in [2.45, 2.75) is 19.3 Å². The second kappa shape index (κ2) is 6.38. The van der Waals surface area contributed by atoms with Crippen LogP contribution in [0.15, 0.2) is 18.2 Å². The van der Waals surface area contributed by atoms with E-state index in [4.69, 9.17) is 5.11 Å². The van der Waals surface area contributed by atoms with Crippen LogP contribution in [0, 0.1) is 5.92 Å². The average Bonchev–Trinajstić information content (AvgIpc) is 2.39. The Morgan fingerprint density at radius 1 is 1.30 bits per heavy atom. The first-order valence-corrected chi connectivity index (χ1v) is 6.63. The molecule has 1 aliphatic heterocycles. The van der Waals surface area contributed by atoms with Crippen LogP contribution in [-0.2, 0) is 4.79 Å². The average molecular weight is 278 g/mol. The second-order valence-corrected chi connectivity index (χ2v) is 4.98. The van der Waals surface area contributed by atoms with Crippen molar-refractivity contribution < 1.29 is 19.8 Å². The molecule has 2 rings (SSSR count). The lowest BCUT2D eigenvalue weighted by Gasteiger charge is -2.21. The van der Waals surface area contributed by atoms with Gasteiger partial charge in [-0.1, -0.05) is 0 Å². The van der Waals surface area contributed by atoms with E-state index in [-0.39, 0.29) is 17.2 Å². The first-order chi connectivity index (χ1) is 9.56. The Balaban J connectivity index is 1.93. The Kier molecular flexibility index (Phi) is 4.57. The van der Waals surface area contributed by atoms with E-state index in [1.54, 1.807) is 0 Å². The zero-order valence-electron chi connectivity index (χ0n) is 11.1. The number of aromatic hydroxyl groups is 1. The molecular weight excluding hydrogens is 260 g/mol. The number of carboxylic acids is 1. The number of aromatic carboxylic acids is 1. The third-order valence-corrected chi connectivity index (χ3v) is 3.44. The largest absolute Gasteiger partial charge is 0.507 e. The van der Waals surface area contributed by atoms with Gasteiger partial charge in [-0.25, -0.2) is 4.79 Å². The lowest BCUT2D eigenvalue weighted by molar-refractivity contribution is -0.117. The Bertz CT molecular complexity index is 510. The summed E-state index contributed by atoms with van der Waals surface area (Å²) in [5, 5.41) is 24.3. The number of piperidine rings is 1. The van der Waals surface area contributed by atoms with Crippen molar-refractivity contribution in [3.05, 3.63) is 23.8 Å². The molecule has 1 aromatic rings. The predicted octanol–water partition coefficient (Wildman–Crippen LogP) is 1.42. The van der Waals surface area contributed by atoms with Crippen LogP contribution in [0.5, 0.6) is 5.75 Å². The smallest absolute Gasteiger partial charge is 0.339 e. The van der Waals surface area contributed by atoms with Gasteiger partial charge in [-0.3, -0.25) is 4.79 Å². The summed E-state index contributed by atoms with van der Waals surface area (Å²) in [7, 11) is 0. The molecular formula is C14H18N2O4. The molecule has 0 saturated carbocycles. The van der Waals surface area contributed by atoms with Gasteiger partial charge in [0.2, 0.25) is 5.91 Å². The summed E-state index contributed by atoms with van der Waals surface area (Å²) in [5.41, 5.74) is 0.229. The molecule has 0 bridgehead atoms. The molecule has 1 heterocycles. The van der Waals surface area contributed by atoms with Gasteiger partial charge in [0.05, 0.1) is 0 Å². The number of carbonyl (C=O) groups is 2. The summed E-state index contributed by atoms with van der Waals surface area (Å²) in [5.74, 6) is -1.28. The van der Waals surface area contributed by atoms with Gasteiger partial charge >= 0.3 is 5.97 Å². The van der Waals surface area contributed by atoms with Gasteiger partial charge in [0, 0.05) is 18.2 Å². The molecule has 1 amide bonds. The van der Waals surface area contributed by atoms with Crippen molar-refractivity contribution in [3.8, 4) is 5.75 Å². The molecule has 20 heavy (non-hydrogen) atoms. The summed E-state index contributed by atoms with van der Waals surface area (Å²) in [6.45, 7) is 1.87. The maximum absolute atomic E-state index is 11.9. The van der Waals surface area contributed by atoms with Gasteiger partial charge < -0.3 is 20.8 Å². The van der Waals surface area contributed by atoms with E-state index in [0.29, 0.717) is 18.0 Å². The molecule has 1 fully saturated rings. The molecule has 1 aliphatic rings. The predicted molar refractivity (Wildman–Crippen MR) is 73.9 cm³/mol. The van der Waals surface area contributed by atoms with Crippen LogP contribution in [-0.4, -0.2) is 35.2 Å². The number of anilines is 1. The third-order valence-electron chi connectivity index (χ3n) is 3.44. The number of phenols is 1. The van der Waals surface area contributed by atoms with Crippen LogP contribution in [0.2, 0.25) is 0 Å². The molecule has 1 saturated heterocycles. The van der Waals surface area contributed by atoms with Crippen molar-refractivity contribution in [3.63, 3.8) is 0 Å². The minimum Gasteiger partial charge on any atom is -0.507 e. The molecule has 0 aromatic heterocycles. The molecule has 4 N–H and O–H groups in total. The zero-order valence-corrected chi connectivity index (χ0v) is 11.1. The minimum atomic E-state index is -1.20. The third kappa shape index (κ3) is 3.71. The lowest BCUT2D eigenvalue weighted by atomic mass is 9.94. The fourth-order valence-corrected chi connectivity index (χ4v) is 2.35. The van der Waals surface area contributed by atoms with Gasteiger partial charge in [-0.15, -0.1) is 0 Å².